The van der Waals surface area contributed by atoms with Gasteiger partial charge in [0.05, 0.1) is 6.07 Å². The summed E-state index contributed by atoms with van der Waals surface area (Å²) in [6.07, 6.45) is 2.09. The Morgan fingerprint density at radius 3 is 2.50 bits per heavy atom. The molecule has 0 saturated heterocycles. The third-order valence-corrected chi connectivity index (χ3v) is 4.08. The molecule has 1 aromatic carbocycles. The maximum atomic E-state index is 8.97. The summed E-state index contributed by atoms with van der Waals surface area (Å²) in [5.74, 6) is 0. The molecular formula is C12H13NS. The molecule has 72 valence electrons. The van der Waals surface area contributed by atoms with E-state index in [1.165, 1.54) is 16.0 Å². The van der Waals surface area contributed by atoms with Crippen molar-refractivity contribution >= 4 is 11.8 Å². The van der Waals surface area contributed by atoms with Crippen molar-refractivity contribution in [1.82, 2.24) is 0 Å². The van der Waals surface area contributed by atoms with E-state index in [1.807, 2.05) is 0 Å². The molecule has 1 aromatic rings. The monoisotopic (exact) mass is 203 g/mol. The molecule has 0 spiro atoms. The SMILES string of the molecule is Cc1ccc(SC2(C#N)CC2)cc1C. The molecule has 2 rings (SSSR count). The first-order chi connectivity index (χ1) is 6.65. The van der Waals surface area contributed by atoms with Crippen LogP contribution >= 0.6 is 11.8 Å². The zero-order valence-electron chi connectivity index (χ0n) is 8.50. The van der Waals surface area contributed by atoms with Crippen LogP contribution in [0.5, 0.6) is 0 Å². The quantitative estimate of drug-likeness (QED) is 0.735. The van der Waals surface area contributed by atoms with Crippen LogP contribution in [0.1, 0.15) is 24.0 Å². The van der Waals surface area contributed by atoms with E-state index in [-0.39, 0.29) is 4.75 Å². The highest BCUT2D eigenvalue weighted by molar-refractivity contribution is 8.01. The molecular weight excluding hydrogens is 190 g/mol. The van der Waals surface area contributed by atoms with Crippen molar-refractivity contribution < 1.29 is 0 Å². The van der Waals surface area contributed by atoms with Gasteiger partial charge in [-0.05, 0) is 49.9 Å². The smallest absolute Gasteiger partial charge is 0.107 e. The van der Waals surface area contributed by atoms with Crippen molar-refractivity contribution in [3.8, 4) is 6.07 Å². The minimum atomic E-state index is -0.0955. The van der Waals surface area contributed by atoms with Crippen molar-refractivity contribution in [3.05, 3.63) is 29.3 Å². The Labute approximate surface area is 89.1 Å². The van der Waals surface area contributed by atoms with Gasteiger partial charge in [-0.15, -0.1) is 11.8 Å². The molecule has 0 amide bonds. The number of nitriles is 1. The van der Waals surface area contributed by atoms with E-state index >= 15 is 0 Å². The van der Waals surface area contributed by atoms with E-state index in [2.05, 4.69) is 38.1 Å². The van der Waals surface area contributed by atoms with E-state index in [4.69, 9.17) is 5.26 Å². The molecule has 0 radical (unpaired) electrons. The average molecular weight is 203 g/mol. The van der Waals surface area contributed by atoms with Crippen molar-refractivity contribution in [2.45, 2.75) is 36.3 Å². The van der Waals surface area contributed by atoms with Gasteiger partial charge in [-0.3, -0.25) is 0 Å². The highest BCUT2D eigenvalue weighted by Gasteiger charge is 2.44. The van der Waals surface area contributed by atoms with Gasteiger partial charge < -0.3 is 0 Å². The van der Waals surface area contributed by atoms with Crippen LogP contribution in [0.15, 0.2) is 23.1 Å². The summed E-state index contributed by atoms with van der Waals surface area (Å²) in [6.45, 7) is 4.23. The van der Waals surface area contributed by atoms with Gasteiger partial charge in [-0.2, -0.15) is 5.26 Å². The predicted molar refractivity (Wildman–Crippen MR) is 59.4 cm³/mol. The van der Waals surface area contributed by atoms with Crippen molar-refractivity contribution in [2.75, 3.05) is 0 Å². The zero-order valence-corrected chi connectivity index (χ0v) is 9.32. The van der Waals surface area contributed by atoms with Crippen LogP contribution in [0.2, 0.25) is 0 Å². The number of thioether (sulfide) groups is 1. The Hall–Kier alpha value is -0.940. The van der Waals surface area contributed by atoms with Crippen LogP contribution in [-0.2, 0) is 0 Å². The molecule has 0 heterocycles. The average Bonchev–Trinajstić information content (AvgIpc) is 2.93. The summed E-state index contributed by atoms with van der Waals surface area (Å²) in [7, 11) is 0. The molecule has 0 aromatic heterocycles. The Kier molecular flexibility index (Phi) is 2.28. The summed E-state index contributed by atoms with van der Waals surface area (Å²) in [5.41, 5.74) is 2.62. The fourth-order valence-electron chi connectivity index (χ4n) is 1.35. The van der Waals surface area contributed by atoms with Crippen LogP contribution in [0.4, 0.5) is 0 Å². The van der Waals surface area contributed by atoms with E-state index in [1.54, 1.807) is 11.8 Å². The second-order valence-corrected chi connectivity index (χ2v) is 5.41. The first kappa shape index (κ1) is 9.61. The maximum Gasteiger partial charge on any atom is 0.107 e. The van der Waals surface area contributed by atoms with Crippen LogP contribution < -0.4 is 0 Å². The highest BCUT2D eigenvalue weighted by Crippen LogP contribution is 2.51. The molecule has 0 atom stereocenters. The van der Waals surface area contributed by atoms with Crippen LogP contribution in [0, 0.1) is 25.2 Å². The van der Waals surface area contributed by atoms with E-state index < -0.39 is 0 Å². The summed E-state index contributed by atoms with van der Waals surface area (Å²) in [5, 5.41) is 8.97. The van der Waals surface area contributed by atoms with Gasteiger partial charge in [0.2, 0.25) is 0 Å². The van der Waals surface area contributed by atoms with Crippen LogP contribution in [0.25, 0.3) is 0 Å². The Morgan fingerprint density at radius 2 is 2.00 bits per heavy atom. The van der Waals surface area contributed by atoms with Gasteiger partial charge in [0, 0.05) is 4.90 Å². The summed E-state index contributed by atoms with van der Waals surface area (Å²) in [4.78, 5) is 1.23. The fourth-order valence-corrected chi connectivity index (χ4v) is 2.53. The standard InChI is InChI=1S/C12H13NS/c1-9-3-4-11(7-10(9)2)14-12(8-13)5-6-12/h3-4,7H,5-6H2,1-2H3. The van der Waals surface area contributed by atoms with Crippen LogP contribution in [-0.4, -0.2) is 4.75 Å². The van der Waals surface area contributed by atoms with E-state index in [0.29, 0.717) is 0 Å². The molecule has 0 aliphatic heterocycles. The van der Waals surface area contributed by atoms with Crippen molar-refractivity contribution in [3.63, 3.8) is 0 Å². The first-order valence-corrected chi connectivity index (χ1v) is 5.64. The molecule has 2 heteroatoms. The lowest BCUT2D eigenvalue weighted by molar-refractivity contribution is 1.18. The third kappa shape index (κ3) is 1.78. The third-order valence-electron chi connectivity index (χ3n) is 2.70. The Morgan fingerprint density at radius 1 is 1.29 bits per heavy atom. The summed E-state index contributed by atoms with van der Waals surface area (Å²) < 4.78 is -0.0955. The topological polar surface area (TPSA) is 23.8 Å². The maximum absolute atomic E-state index is 8.97. The van der Waals surface area contributed by atoms with Gasteiger partial charge in [0.25, 0.3) is 0 Å². The number of rotatable bonds is 2. The fraction of sp³-hybridized carbons (Fsp3) is 0.417. The largest absolute Gasteiger partial charge is 0.197 e. The minimum Gasteiger partial charge on any atom is -0.197 e. The van der Waals surface area contributed by atoms with Gasteiger partial charge >= 0.3 is 0 Å². The van der Waals surface area contributed by atoms with Gasteiger partial charge in [-0.25, -0.2) is 0 Å². The lowest BCUT2D eigenvalue weighted by Gasteiger charge is -2.07. The highest BCUT2D eigenvalue weighted by atomic mass is 32.2. The van der Waals surface area contributed by atoms with Crippen LogP contribution in [0.3, 0.4) is 0 Å². The molecule has 0 bridgehead atoms. The summed E-state index contributed by atoms with van der Waals surface area (Å²) in [6, 6.07) is 8.82. The number of benzene rings is 1. The Bertz CT molecular complexity index is 399. The molecule has 0 N–H and O–H groups in total. The van der Waals surface area contributed by atoms with Gasteiger partial charge in [-0.1, -0.05) is 6.07 Å². The molecule has 1 aliphatic rings. The number of hydrogen-bond donors (Lipinski definition) is 0. The van der Waals surface area contributed by atoms with E-state index in [0.717, 1.165) is 12.8 Å². The Balaban J connectivity index is 2.19. The lowest BCUT2D eigenvalue weighted by Crippen LogP contribution is -1.96. The normalized spacial score (nSPS) is 17.5. The molecule has 1 fully saturated rings. The van der Waals surface area contributed by atoms with Gasteiger partial charge in [0.1, 0.15) is 4.75 Å². The number of aryl methyl sites for hydroxylation is 2. The van der Waals surface area contributed by atoms with Crippen molar-refractivity contribution in [1.29, 1.82) is 5.26 Å². The second-order valence-electron chi connectivity index (χ2n) is 3.95. The number of nitrogens with zero attached hydrogens (tertiary/aromatic N) is 1. The molecule has 1 nitrogen and oxygen atoms in total. The molecule has 14 heavy (non-hydrogen) atoms. The molecule has 1 aliphatic carbocycles. The molecule has 1 saturated carbocycles. The van der Waals surface area contributed by atoms with E-state index in [9.17, 15) is 0 Å². The lowest BCUT2D eigenvalue weighted by atomic mass is 10.1. The second kappa shape index (κ2) is 3.33. The summed E-state index contributed by atoms with van der Waals surface area (Å²) >= 11 is 1.72. The number of hydrogen-bond acceptors (Lipinski definition) is 2. The van der Waals surface area contributed by atoms with Gasteiger partial charge in [0.15, 0.2) is 0 Å². The van der Waals surface area contributed by atoms with Crippen molar-refractivity contribution in [2.24, 2.45) is 0 Å². The minimum absolute atomic E-state index is 0.0955. The molecule has 0 unspecified atom stereocenters. The first-order valence-electron chi connectivity index (χ1n) is 4.83. The zero-order chi connectivity index (χ0) is 10.2. The predicted octanol–water partition coefficient (Wildman–Crippen LogP) is 3.45.